The highest BCUT2D eigenvalue weighted by molar-refractivity contribution is 5.76. The van der Waals surface area contributed by atoms with E-state index in [-0.39, 0.29) is 17.9 Å². The number of aliphatic hydroxyl groups is 1. The summed E-state index contributed by atoms with van der Waals surface area (Å²) in [5.41, 5.74) is 0. The maximum absolute atomic E-state index is 12.2. The molecular formula is C15H23N3O3. The highest BCUT2D eigenvalue weighted by Crippen LogP contribution is 2.38. The number of rotatable bonds is 5. The van der Waals surface area contributed by atoms with Crippen molar-refractivity contribution in [3.05, 3.63) is 11.7 Å². The molecule has 1 aliphatic carbocycles. The van der Waals surface area contributed by atoms with Crippen molar-refractivity contribution in [2.75, 3.05) is 13.1 Å². The number of carbonyl (C=O) groups excluding carboxylic acids is 1. The van der Waals surface area contributed by atoms with E-state index in [0.717, 1.165) is 38.1 Å². The van der Waals surface area contributed by atoms with Gasteiger partial charge in [0.05, 0.1) is 6.10 Å². The third kappa shape index (κ3) is 3.10. The quantitative estimate of drug-likeness (QED) is 0.882. The average molecular weight is 293 g/mol. The molecule has 1 aromatic heterocycles. The Morgan fingerprint density at radius 2 is 2.24 bits per heavy atom. The molecule has 1 aromatic rings. The Morgan fingerprint density at radius 3 is 3.00 bits per heavy atom. The Morgan fingerprint density at radius 1 is 1.38 bits per heavy atom. The Balaban J connectivity index is 1.48. The van der Waals surface area contributed by atoms with Crippen LogP contribution in [0.1, 0.15) is 44.3 Å². The van der Waals surface area contributed by atoms with Gasteiger partial charge in [-0.25, -0.2) is 0 Å². The number of likely N-dealkylation sites (tertiary alicyclic amines) is 1. The Kier molecular flexibility index (Phi) is 4.24. The van der Waals surface area contributed by atoms with Crippen LogP contribution in [0.25, 0.3) is 0 Å². The predicted molar refractivity (Wildman–Crippen MR) is 75.4 cm³/mol. The van der Waals surface area contributed by atoms with E-state index in [0.29, 0.717) is 31.2 Å². The van der Waals surface area contributed by atoms with Crippen LogP contribution in [0.4, 0.5) is 0 Å². The van der Waals surface area contributed by atoms with Gasteiger partial charge >= 0.3 is 0 Å². The molecule has 21 heavy (non-hydrogen) atoms. The number of nitrogens with zero attached hydrogens (tertiary/aromatic N) is 3. The van der Waals surface area contributed by atoms with Crippen LogP contribution in [-0.4, -0.2) is 45.2 Å². The van der Waals surface area contributed by atoms with E-state index in [4.69, 9.17) is 4.52 Å². The molecule has 0 radical (unpaired) electrons. The van der Waals surface area contributed by atoms with Crippen LogP contribution in [0, 0.1) is 11.8 Å². The number of hydrogen-bond donors (Lipinski definition) is 1. The zero-order valence-electron chi connectivity index (χ0n) is 12.5. The van der Waals surface area contributed by atoms with Gasteiger partial charge in [-0.15, -0.1) is 0 Å². The van der Waals surface area contributed by atoms with Crippen molar-refractivity contribution in [1.29, 1.82) is 0 Å². The van der Waals surface area contributed by atoms with Crippen LogP contribution in [-0.2, 0) is 17.6 Å². The molecule has 0 aromatic carbocycles. The summed E-state index contributed by atoms with van der Waals surface area (Å²) in [5.74, 6) is 2.17. The third-order valence-corrected chi connectivity index (χ3v) is 4.71. The normalized spacial score (nSPS) is 28.1. The fourth-order valence-electron chi connectivity index (χ4n) is 3.53. The Hall–Kier alpha value is -1.43. The molecule has 2 heterocycles. The van der Waals surface area contributed by atoms with Crippen LogP contribution < -0.4 is 0 Å². The molecule has 2 fully saturated rings. The van der Waals surface area contributed by atoms with Crippen LogP contribution in [0.5, 0.6) is 0 Å². The summed E-state index contributed by atoms with van der Waals surface area (Å²) < 4.78 is 5.15. The summed E-state index contributed by atoms with van der Waals surface area (Å²) in [7, 11) is 0. The van der Waals surface area contributed by atoms with Crippen LogP contribution in [0.3, 0.4) is 0 Å². The number of carbonyl (C=O) groups is 1. The van der Waals surface area contributed by atoms with Crippen molar-refractivity contribution >= 4 is 5.91 Å². The van der Waals surface area contributed by atoms with Gasteiger partial charge in [-0.3, -0.25) is 4.79 Å². The maximum atomic E-state index is 12.2. The SMILES string of the molecule is CCCc1noc(CCC(=O)N2CC3CCC(O)C3C2)n1. The first-order valence-electron chi connectivity index (χ1n) is 7.94. The maximum Gasteiger partial charge on any atom is 0.227 e. The lowest BCUT2D eigenvalue weighted by atomic mass is 10.00. The number of hydrogen-bond acceptors (Lipinski definition) is 5. The Labute approximate surface area is 124 Å². The van der Waals surface area contributed by atoms with Gasteiger partial charge in [-0.05, 0) is 25.2 Å². The Bertz CT molecular complexity index is 502. The van der Waals surface area contributed by atoms with Gasteiger partial charge in [0.25, 0.3) is 0 Å². The van der Waals surface area contributed by atoms with E-state index in [2.05, 4.69) is 17.1 Å². The molecule has 1 aliphatic heterocycles. The minimum atomic E-state index is -0.222. The second-order valence-electron chi connectivity index (χ2n) is 6.22. The number of aromatic nitrogens is 2. The zero-order valence-corrected chi connectivity index (χ0v) is 12.5. The largest absolute Gasteiger partial charge is 0.393 e. The minimum absolute atomic E-state index is 0.131. The molecule has 116 valence electrons. The van der Waals surface area contributed by atoms with Crippen molar-refractivity contribution in [2.24, 2.45) is 11.8 Å². The van der Waals surface area contributed by atoms with E-state index in [9.17, 15) is 9.90 Å². The molecule has 1 amide bonds. The summed E-state index contributed by atoms with van der Waals surface area (Å²) in [5, 5.41) is 13.8. The van der Waals surface area contributed by atoms with Gasteiger partial charge in [0.2, 0.25) is 11.8 Å². The monoisotopic (exact) mass is 293 g/mol. The smallest absolute Gasteiger partial charge is 0.227 e. The molecule has 0 bridgehead atoms. The number of aliphatic hydroxyl groups excluding tert-OH is 1. The van der Waals surface area contributed by atoms with Crippen molar-refractivity contribution in [1.82, 2.24) is 15.0 Å². The van der Waals surface area contributed by atoms with E-state index in [1.54, 1.807) is 0 Å². The first kappa shape index (κ1) is 14.5. The fraction of sp³-hybridized carbons (Fsp3) is 0.800. The number of fused-ring (bicyclic) bond motifs is 1. The van der Waals surface area contributed by atoms with E-state index in [1.165, 1.54) is 0 Å². The highest BCUT2D eigenvalue weighted by atomic mass is 16.5. The molecule has 1 N–H and O–H groups in total. The first-order valence-corrected chi connectivity index (χ1v) is 7.94. The topological polar surface area (TPSA) is 79.5 Å². The van der Waals surface area contributed by atoms with Crippen molar-refractivity contribution < 1.29 is 14.4 Å². The van der Waals surface area contributed by atoms with Gasteiger partial charge in [0.15, 0.2) is 5.82 Å². The third-order valence-electron chi connectivity index (χ3n) is 4.71. The molecule has 6 nitrogen and oxygen atoms in total. The molecule has 6 heteroatoms. The molecule has 1 saturated carbocycles. The average Bonchev–Trinajstić information content (AvgIpc) is 3.15. The second kappa shape index (κ2) is 6.13. The van der Waals surface area contributed by atoms with Crippen LogP contribution in [0.2, 0.25) is 0 Å². The molecule has 3 unspecified atom stereocenters. The molecule has 3 rings (SSSR count). The molecule has 0 spiro atoms. The van der Waals surface area contributed by atoms with Gasteiger partial charge in [0.1, 0.15) is 0 Å². The van der Waals surface area contributed by atoms with Gasteiger partial charge < -0.3 is 14.5 Å². The van der Waals surface area contributed by atoms with E-state index < -0.39 is 0 Å². The standard InChI is InChI=1S/C15H23N3O3/c1-2-3-13-16-14(21-17-13)6-7-15(20)18-8-10-4-5-12(19)11(10)9-18/h10-12,19H,2-9H2,1H3. The lowest BCUT2D eigenvalue weighted by molar-refractivity contribution is -0.130. The first-order chi connectivity index (χ1) is 10.2. The summed E-state index contributed by atoms with van der Waals surface area (Å²) >= 11 is 0. The lowest BCUT2D eigenvalue weighted by Gasteiger charge is -2.18. The number of aryl methyl sites for hydroxylation is 2. The van der Waals surface area contributed by atoms with Crippen molar-refractivity contribution in [3.8, 4) is 0 Å². The van der Waals surface area contributed by atoms with E-state index in [1.807, 2.05) is 4.90 Å². The van der Waals surface area contributed by atoms with Crippen LogP contribution >= 0.6 is 0 Å². The second-order valence-corrected chi connectivity index (χ2v) is 6.22. The predicted octanol–water partition coefficient (Wildman–Crippen LogP) is 1.18. The highest BCUT2D eigenvalue weighted by Gasteiger charge is 2.43. The summed E-state index contributed by atoms with van der Waals surface area (Å²) in [6.45, 7) is 3.57. The van der Waals surface area contributed by atoms with Crippen molar-refractivity contribution in [3.63, 3.8) is 0 Å². The summed E-state index contributed by atoms with van der Waals surface area (Å²) in [6.07, 6.45) is 4.41. The number of amides is 1. The molecular weight excluding hydrogens is 270 g/mol. The van der Waals surface area contributed by atoms with Crippen LogP contribution in [0.15, 0.2) is 4.52 Å². The van der Waals surface area contributed by atoms with Gasteiger partial charge in [-0.1, -0.05) is 12.1 Å². The molecule has 3 atom stereocenters. The molecule has 1 saturated heterocycles. The zero-order chi connectivity index (χ0) is 14.8. The lowest BCUT2D eigenvalue weighted by Crippen LogP contribution is -2.31. The molecule has 2 aliphatic rings. The van der Waals surface area contributed by atoms with Crippen molar-refractivity contribution in [2.45, 2.75) is 51.6 Å². The minimum Gasteiger partial charge on any atom is -0.393 e. The van der Waals surface area contributed by atoms with Gasteiger partial charge in [-0.2, -0.15) is 4.98 Å². The summed E-state index contributed by atoms with van der Waals surface area (Å²) in [4.78, 5) is 18.4. The fourth-order valence-corrected chi connectivity index (χ4v) is 3.53. The summed E-state index contributed by atoms with van der Waals surface area (Å²) in [6, 6.07) is 0. The van der Waals surface area contributed by atoms with E-state index >= 15 is 0 Å². The van der Waals surface area contributed by atoms with Gasteiger partial charge in [0, 0.05) is 38.3 Å².